The van der Waals surface area contributed by atoms with Crippen LogP contribution >= 0.6 is 0 Å². The largest absolute Gasteiger partial charge is 0.462 e. The van der Waals surface area contributed by atoms with Crippen molar-refractivity contribution < 1.29 is 22.3 Å². The third-order valence-corrected chi connectivity index (χ3v) is 4.24. The average molecular weight is 427 g/mol. The van der Waals surface area contributed by atoms with Crippen LogP contribution in [0.5, 0.6) is 0 Å². The molecule has 0 saturated carbocycles. The maximum Gasteiger partial charge on any atom is 0.342 e. The molecule has 6 nitrogen and oxygen atoms in total. The Hall–Kier alpha value is -2.35. The van der Waals surface area contributed by atoms with Gasteiger partial charge in [0.1, 0.15) is 11.4 Å². The summed E-state index contributed by atoms with van der Waals surface area (Å²) in [6.45, 7) is 13.4. The predicted molar refractivity (Wildman–Crippen MR) is 113 cm³/mol. The van der Waals surface area contributed by atoms with E-state index in [9.17, 15) is 17.6 Å². The Kier molecular flexibility index (Phi) is 11.3. The highest BCUT2D eigenvalue weighted by Crippen LogP contribution is 2.29. The van der Waals surface area contributed by atoms with Crippen LogP contribution in [0, 0.1) is 5.82 Å². The van der Waals surface area contributed by atoms with Gasteiger partial charge in [-0.05, 0) is 37.1 Å². The molecule has 29 heavy (non-hydrogen) atoms. The normalized spacial score (nSPS) is 10.4. The lowest BCUT2D eigenvalue weighted by molar-refractivity contribution is 0.0524. The summed E-state index contributed by atoms with van der Waals surface area (Å²) in [5.74, 6) is -1.35. The fourth-order valence-corrected chi connectivity index (χ4v) is 2.78. The summed E-state index contributed by atoms with van der Waals surface area (Å²) in [7, 11) is -3.70. The van der Waals surface area contributed by atoms with Gasteiger partial charge in [0.05, 0.1) is 18.0 Å². The van der Waals surface area contributed by atoms with Crippen molar-refractivity contribution >= 4 is 15.8 Å². The molecule has 0 saturated heterocycles. The summed E-state index contributed by atoms with van der Waals surface area (Å²) >= 11 is 0. The molecule has 2 rings (SSSR count). The molecule has 0 spiro atoms. The molecule has 8 heteroatoms. The van der Waals surface area contributed by atoms with E-state index in [1.807, 2.05) is 27.7 Å². The van der Waals surface area contributed by atoms with E-state index in [2.05, 4.69) is 9.97 Å². The number of aromatic nitrogens is 2. The number of sulfone groups is 1. The molecule has 0 unspecified atom stereocenters. The summed E-state index contributed by atoms with van der Waals surface area (Å²) in [6, 6.07) is 5.27. The standard InChI is InChI=1S/C17H19FN2O4S.2C2H6/c1-5-24-16(21)13-14(10(2)3)19-17(25(4,22)23)20-15(13)11-6-8-12(18)9-7-11;2*1-2/h6-10H,5H2,1-4H3;2*1-2H3. The molecule has 0 bridgehead atoms. The minimum Gasteiger partial charge on any atom is -0.462 e. The zero-order valence-electron chi connectivity index (χ0n) is 18.4. The first kappa shape index (κ1) is 26.6. The van der Waals surface area contributed by atoms with Crippen LogP contribution in [0.4, 0.5) is 4.39 Å². The monoisotopic (exact) mass is 426 g/mol. The van der Waals surface area contributed by atoms with E-state index < -0.39 is 21.6 Å². The maximum atomic E-state index is 13.2. The smallest absolute Gasteiger partial charge is 0.342 e. The minimum absolute atomic E-state index is 0.0934. The van der Waals surface area contributed by atoms with Crippen molar-refractivity contribution in [3.63, 3.8) is 0 Å². The van der Waals surface area contributed by atoms with Gasteiger partial charge in [-0.2, -0.15) is 0 Å². The fourth-order valence-electron chi connectivity index (χ4n) is 2.26. The number of ether oxygens (including phenoxy) is 1. The number of benzene rings is 1. The van der Waals surface area contributed by atoms with Crippen LogP contribution in [0.25, 0.3) is 11.3 Å². The average Bonchev–Trinajstić information content (AvgIpc) is 2.70. The molecule has 0 aliphatic heterocycles. The highest BCUT2D eigenvalue weighted by Gasteiger charge is 2.27. The van der Waals surface area contributed by atoms with Crippen LogP contribution < -0.4 is 0 Å². The van der Waals surface area contributed by atoms with Gasteiger partial charge in [-0.1, -0.05) is 41.5 Å². The summed E-state index contributed by atoms with van der Waals surface area (Å²) in [6.07, 6.45) is 0.991. The molecule has 0 fully saturated rings. The van der Waals surface area contributed by atoms with E-state index in [1.165, 1.54) is 24.3 Å². The SMILES string of the molecule is CC.CC.CCOC(=O)c1c(-c2ccc(F)cc2)nc(S(C)(=O)=O)nc1C(C)C. The lowest BCUT2D eigenvalue weighted by atomic mass is 9.98. The topological polar surface area (TPSA) is 86.2 Å². The molecule has 0 radical (unpaired) electrons. The van der Waals surface area contributed by atoms with E-state index in [0.717, 1.165) is 6.26 Å². The number of nitrogens with zero attached hydrogens (tertiary/aromatic N) is 2. The van der Waals surface area contributed by atoms with Crippen LogP contribution in [0.15, 0.2) is 29.4 Å². The molecule has 1 heterocycles. The summed E-state index contributed by atoms with van der Waals surface area (Å²) in [4.78, 5) is 20.6. The van der Waals surface area contributed by atoms with E-state index in [4.69, 9.17) is 4.74 Å². The second-order valence-electron chi connectivity index (χ2n) is 5.77. The van der Waals surface area contributed by atoms with Crippen molar-refractivity contribution in [2.45, 2.75) is 59.5 Å². The van der Waals surface area contributed by atoms with Crippen molar-refractivity contribution in [2.75, 3.05) is 12.9 Å². The lowest BCUT2D eigenvalue weighted by Gasteiger charge is -2.16. The van der Waals surface area contributed by atoms with Crippen LogP contribution in [-0.2, 0) is 14.6 Å². The third-order valence-electron chi connectivity index (χ3n) is 3.39. The molecule has 2 aromatic rings. The van der Waals surface area contributed by atoms with Crippen molar-refractivity contribution in [1.82, 2.24) is 9.97 Å². The van der Waals surface area contributed by atoms with Crippen molar-refractivity contribution in [2.24, 2.45) is 0 Å². The number of carbonyl (C=O) groups excluding carboxylic acids is 1. The van der Waals surface area contributed by atoms with Crippen LogP contribution in [-0.4, -0.2) is 37.2 Å². The van der Waals surface area contributed by atoms with Crippen LogP contribution in [0.3, 0.4) is 0 Å². The minimum atomic E-state index is -3.70. The molecular formula is C21H31FN2O4S. The van der Waals surface area contributed by atoms with Crippen molar-refractivity contribution in [3.05, 3.63) is 41.3 Å². The molecular weight excluding hydrogens is 395 g/mol. The van der Waals surface area contributed by atoms with Gasteiger partial charge in [0.2, 0.25) is 15.0 Å². The van der Waals surface area contributed by atoms with Crippen molar-refractivity contribution in [3.8, 4) is 11.3 Å². The van der Waals surface area contributed by atoms with Gasteiger partial charge in [0.25, 0.3) is 0 Å². The van der Waals surface area contributed by atoms with Gasteiger partial charge in [0, 0.05) is 11.8 Å². The Morgan fingerprint density at radius 3 is 2.00 bits per heavy atom. The van der Waals surface area contributed by atoms with Gasteiger partial charge >= 0.3 is 5.97 Å². The van der Waals surface area contributed by atoms with E-state index >= 15 is 0 Å². The summed E-state index contributed by atoms with van der Waals surface area (Å²) in [5.41, 5.74) is 0.875. The van der Waals surface area contributed by atoms with E-state index in [0.29, 0.717) is 5.56 Å². The first-order chi connectivity index (χ1) is 13.6. The quantitative estimate of drug-likeness (QED) is 0.492. The Bertz CT molecular complexity index is 896. The van der Waals surface area contributed by atoms with Gasteiger partial charge in [0.15, 0.2) is 0 Å². The molecule has 0 atom stereocenters. The number of hydrogen-bond donors (Lipinski definition) is 0. The fraction of sp³-hybridized carbons (Fsp3) is 0.476. The third kappa shape index (κ3) is 7.20. The maximum absolute atomic E-state index is 13.2. The molecule has 162 valence electrons. The Labute approximate surface area is 173 Å². The molecule has 0 aliphatic rings. The predicted octanol–water partition coefficient (Wildman–Crippen LogP) is 5.04. The highest BCUT2D eigenvalue weighted by atomic mass is 32.2. The molecule has 1 aromatic carbocycles. The first-order valence-electron chi connectivity index (χ1n) is 9.70. The summed E-state index contributed by atoms with van der Waals surface area (Å²) in [5, 5.41) is -0.386. The number of halogens is 1. The molecule has 0 aliphatic carbocycles. The number of esters is 1. The van der Waals surface area contributed by atoms with Gasteiger partial charge < -0.3 is 4.74 Å². The Morgan fingerprint density at radius 1 is 1.07 bits per heavy atom. The second-order valence-corrected chi connectivity index (χ2v) is 7.68. The van der Waals surface area contributed by atoms with Crippen LogP contribution in [0.2, 0.25) is 0 Å². The lowest BCUT2D eigenvalue weighted by Crippen LogP contribution is -2.17. The first-order valence-corrected chi connectivity index (χ1v) is 11.6. The van der Waals surface area contributed by atoms with E-state index in [1.54, 1.807) is 20.8 Å². The Morgan fingerprint density at radius 2 is 1.59 bits per heavy atom. The number of hydrogen-bond acceptors (Lipinski definition) is 6. The second kappa shape index (κ2) is 12.3. The molecule has 0 N–H and O–H groups in total. The zero-order chi connectivity index (χ0) is 22.8. The van der Waals surface area contributed by atoms with Gasteiger partial charge in [-0.3, -0.25) is 0 Å². The molecule has 0 amide bonds. The number of carbonyl (C=O) groups is 1. The molecule has 1 aromatic heterocycles. The number of rotatable bonds is 5. The zero-order valence-corrected chi connectivity index (χ0v) is 19.2. The van der Waals surface area contributed by atoms with Gasteiger partial charge in [-0.25, -0.2) is 27.6 Å². The highest BCUT2D eigenvalue weighted by molar-refractivity contribution is 7.90. The summed E-state index contributed by atoms with van der Waals surface area (Å²) < 4.78 is 42.2. The van der Waals surface area contributed by atoms with Gasteiger partial charge in [-0.15, -0.1) is 0 Å². The Balaban J connectivity index is 0.00000184. The van der Waals surface area contributed by atoms with Crippen LogP contribution in [0.1, 0.15) is 70.4 Å². The van der Waals surface area contributed by atoms with Crippen molar-refractivity contribution in [1.29, 1.82) is 0 Å². The van der Waals surface area contributed by atoms with E-state index in [-0.39, 0.29) is 34.6 Å².